The van der Waals surface area contributed by atoms with Gasteiger partial charge in [-0.2, -0.15) is 0 Å². The first kappa shape index (κ1) is 13.4. The molecule has 1 rings (SSSR count). The highest BCUT2D eigenvalue weighted by atomic mass is 16.3. The number of aliphatic hydroxyl groups is 2. The van der Waals surface area contributed by atoms with Crippen LogP contribution in [0.5, 0.6) is 0 Å². The molecular weight excluding hydrogens is 224 g/mol. The topological polar surface area (TPSA) is 102 Å². The van der Waals surface area contributed by atoms with Crippen LogP contribution in [0.15, 0.2) is 23.1 Å². The van der Waals surface area contributed by atoms with Crippen molar-refractivity contribution in [1.29, 1.82) is 0 Å². The minimum Gasteiger partial charge on any atom is -0.390 e. The molecule has 0 radical (unpaired) electrons. The smallest absolute Gasteiger partial charge is 0.253 e. The Morgan fingerprint density at radius 3 is 2.82 bits per heavy atom. The molecule has 17 heavy (non-hydrogen) atoms. The Balaban J connectivity index is 2.58. The lowest BCUT2D eigenvalue weighted by Crippen LogP contribution is -2.30. The van der Waals surface area contributed by atoms with Crippen LogP contribution in [0.1, 0.15) is 25.0 Å². The number of pyridine rings is 1. The first-order valence-corrected chi connectivity index (χ1v) is 5.30. The van der Waals surface area contributed by atoms with Crippen LogP contribution in [0.3, 0.4) is 0 Å². The van der Waals surface area contributed by atoms with Crippen LogP contribution in [0.4, 0.5) is 0 Å². The van der Waals surface area contributed by atoms with Crippen LogP contribution < -0.4 is 10.9 Å². The van der Waals surface area contributed by atoms with E-state index in [1.165, 1.54) is 19.2 Å². The van der Waals surface area contributed by atoms with Crippen molar-refractivity contribution in [2.75, 3.05) is 6.54 Å². The van der Waals surface area contributed by atoms with Crippen molar-refractivity contribution in [3.63, 3.8) is 0 Å². The normalized spacial score (nSPS) is 14.1. The van der Waals surface area contributed by atoms with E-state index in [-0.39, 0.29) is 24.4 Å². The van der Waals surface area contributed by atoms with Gasteiger partial charge in [0.15, 0.2) is 0 Å². The number of hydrogen-bond donors (Lipinski definition) is 4. The van der Waals surface area contributed by atoms with Gasteiger partial charge >= 0.3 is 0 Å². The number of aliphatic hydroxyl groups excluding tert-OH is 2. The number of H-pyrrole nitrogens is 1. The third-order valence-electron chi connectivity index (χ3n) is 2.35. The number of rotatable bonds is 5. The highest BCUT2D eigenvalue weighted by molar-refractivity contribution is 5.72. The lowest BCUT2D eigenvalue weighted by molar-refractivity contribution is -0.119. The van der Waals surface area contributed by atoms with Crippen LogP contribution in [-0.2, 0) is 4.79 Å². The van der Waals surface area contributed by atoms with Crippen LogP contribution >= 0.6 is 0 Å². The maximum atomic E-state index is 11.4. The molecule has 0 fully saturated rings. The van der Waals surface area contributed by atoms with E-state index in [2.05, 4.69) is 10.3 Å². The van der Waals surface area contributed by atoms with Crippen molar-refractivity contribution in [3.05, 3.63) is 34.2 Å². The summed E-state index contributed by atoms with van der Waals surface area (Å²) >= 11 is 0. The highest BCUT2D eigenvalue weighted by Gasteiger charge is 2.20. The van der Waals surface area contributed by atoms with Crippen LogP contribution in [0.25, 0.3) is 0 Å². The zero-order valence-electron chi connectivity index (χ0n) is 9.51. The molecule has 0 bridgehead atoms. The average molecular weight is 240 g/mol. The molecule has 1 amide bonds. The molecule has 94 valence electrons. The molecule has 6 nitrogen and oxygen atoms in total. The summed E-state index contributed by atoms with van der Waals surface area (Å²) in [5.41, 5.74) is -0.318. The molecule has 4 N–H and O–H groups in total. The van der Waals surface area contributed by atoms with Gasteiger partial charge in [0.2, 0.25) is 5.91 Å². The summed E-state index contributed by atoms with van der Waals surface area (Å²) in [6.45, 7) is 1.61. The maximum absolute atomic E-state index is 11.4. The molecular formula is C11H16N2O4. The third kappa shape index (κ3) is 4.01. The van der Waals surface area contributed by atoms with Crippen LogP contribution in [0, 0.1) is 0 Å². The quantitative estimate of drug-likeness (QED) is 0.546. The van der Waals surface area contributed by atoms with Crippen LogP contribution in [0.2, 0.25) is 0 Å². The van der Waals surface area contributed by atoms with Crippen LogP contribution in [-0.4, -0.2) is 33.8 Å². The van der Waals surface area contributed by atoms with E-state index < -0.39 is 17.8 Å². The highest BCUT2D eigenvalue weighted by Crippen LogP contribution is 2.14. The number of hydrogen-bond acceptors (Lipinski definition) is 4. The van der Waals surface area contributed by atoms with Gasteiger partial charge in [-0.05, 0) is 18.6 Å². The SMILES string of the molecule is CC(=O)NCCC(O)C(O)c1ccc[nH]c1=O. The van der Waals surface area contributed by atoms with Gasteiger partial charge in [0.25, 0.3) is 5.56 Å². The number of carbonyl (C=O) groups is 1. The van der Waals surface area contributed by atoms with E-state index >= 15 is 0 Å². The Morgan fingerprint density at radius 1 is 1.53 bits per heavy atom. The molecule has 0 saturated carbocycles. The number of nitrogens with one attached hydrogen (secondary N) is 2. The first-order valence-electron chi connectivity index (χ1n) is 5.30. The van der Waals surface area contributed by atoms with E-state index in [9.17, 15) is 19.8 Å². The zero-order valence-corrected chi connectivity index (χ0v) is 9.51. The second-order valence-corrected chi connectivity index (χ2v) is 3.74. The van der Waals surface area contributed by atoms with Gasteiger partial charge in [-0.15, -0.1) is 0 Å². The summed E-state index contributed by atoms with van der Waals surface area (Å²) in [6.07, 6.45) is -0.726. The van der Waals surface area contributed by atoms with Crippen molar-refractivity contribution in [2.45, 2.75) is 25.6 Å². The van der Waals surface area contributed by atoms with Gasteiger partial charge in [-0.1, -0.05) is 0 Å². The Kier molecular flexibility index (Phi) is 4.86. The van der Waals surface area contributed by atoms with Gasteiger partial charge in [0.1, 0.15) is 6.10 Å². The molecule has 0 aromatic carbocycles. The van der Waals surface area contributed by atoms with E-state index in [4.69, 9.17) is 0 Å². The molecule has 0 aliphatic rings. The molecule has 0 spiro atoms. The van der Waals surface area contributed by atoms with E-state index in [1.54, 1.807) is 6.07 Å². The van der Waals surface area contributed by atoms with Gasteiger partial charge in [0.05, 0.1) is 6.10 Å². The Labute approximate surface area is 98.3 Å². The summed E-state index contributed by atoms with van der Waals surface area (Å²) < 4.78 is 0. The average Bonchev–Trinajstić information content (AvgIpc) is 2.28. The summed E-state index contributed by atoms with van der Waals surface area (Å²) in [7, 11) is 0. The largest absolute Gasteiger partial charge is 0.390 e. The number of carbonyl (C=O) groups excluding carboxylic acids is 1. The summed E-state index contributed by atoms with van der Waals surface area (Å²) in [5, 5.41) is 21.9. The van der Waals surface area contributed by atoms with Gasteiger partial charge < -0.3 is 20.5 Å². The molecule has 1 aromatic rings. The zero-order chi connectivity index (χ0) is 12.8. The van der Waals surface area contributed by atoms with E-state index in [0.29, 0.717) is 0 Å². The summed E-state index contributed by atoms with van der Waals surface area (Å²) in [6, 6.07) is 3.02. The fourth-order valence-corrected chi connectivity index (χ4v) is 1.43. The van der Waals surface area contributed by atoms with Crippen molar-refractivity contribution in [2.24, 2.45) is 0 Å². The lowest BCUT2D eigenvalue weighted by atomic mass is 10.0. The van der Waals surface area contributed by atoms with E-state index in [0.717, 1.165) is 0 Å². The minimum absolute atomic E-state index is 0.114. The van der Waals surface area contributed by atoms with Crippen molar-refractivity contribution >= 4 is 5.91 Å². The van der Waals surface area contributed by atoms with Gasteiger partial charge in [-0.3, -0.25) is 9.59 Å². The third-order valence-corrected chi connectivity index (χ3v) is 2.35. The number of amides is 1. The molecule has 2 unspecified atom stereocenters. The molecule has 1 aromatic heterocycles. The number of aromatic nitrogens is 1. The second kappa shape index (κ2) is 6.17. The Hall–Kier alpha value is -1.66. The monoisotopic (exact) mass is 240 g/mol. The van der Waals surface area contributed by atoms with E-state index in [1.807, 2.05) is 0 Å². The lowest BCUT2D eigenvalue weighted by Gasteiger charge is -2.17. The second-order valence-electron chi connectivity index (χ2n) is 3.74. The van der Waals surface area contributed by atoms with Crippen molar-refractivity contribution in [1.82, 2.24) is 10.3 Å². The molecule has 0 aliphatic heterocycles. The molecule has 1 heterocycles. The van der Waals surface area contributed by atoms with Gasteiger partial charge in [0, 0.05) is 25.2 Å². The number of aromatic amines is 1. The molecule has 2 atom stereocenters. The van der Waals surface area contributed by atoms with Crippen molar-refractivity contribution < 1.29 is 15.0 Å². The molecule has 6 heteroatoms. The fraction of sp³-hybridized carbons (Fsp3) is 0.455. The molecule has 0 aliphatic carbocycles. The minimum atomic E-state index is -1.26. The predicted octanol–water partition coefficient (Wildman–Crippen LogP) is -0.705. The fourth-order valence-electron chi connectivity index (χ4n) is 1.43. The maximum Gasteiger partial charge on any atom is 0.253 e. The summed E-state index contributed by atoms with van der Waals surface area (Å²) in [4.78, 5) is 24.4. The van der Waals surface area contributed by atoms with Gasteiger partial charge in [-0.25, -0.2) is 0 Å². The van der Waals surface area contributed by atoms with Crippen molar-refractivity contribution in [3.8, 4) is 0 Å². The Bertz CT molecular complexity index is 429. The predicted molar refractivity (Wildman–Crippen MR) is 61.3 cm³/mol. The molecule has 0 saturated heterocycles. The standard InChI is InChI=1S/C11H16N2O4/c1-7(14)12-6-4-9(15)10(16)8-3-2-5-13-11(8)17/h2-3,5,9-10,15-16H,4,6H2,1H3,(H,12,14)(H,13,17). The summed E-state index contributed by atoms with van der Waals surface area (Å²) in [5.74, 6) is -0.204. The Morgan fingerprint density at radius 2 is 2.24 bits per heavy atom. The first-order chi connectivity index (χ1) is 8.02.